The van der Waals surface area contributed by atoms with Gasteiger partial charge in [0.1, 0.15) is 23.2 Å². The van der Waals surface area contributed by atoms with Gasteiger partial charge in [-0.25, -0.2) is 0 Å². The first-order chi connectivity index (χ1) is 12.3. The summed E-state index contributed by atoms with van der Waals surface area (Å²) in [5, 5.41) is 3.64. The highest BCUT2D eigenvalue weighted by molar-refractivity contribution is 7.98. The maximum atomic E-state index is 12.0. The van der Waals surface area contributed by atoms with Gasteiger partial charge in [0.25, 0.3) is 0 Å². The number of carbonyl (C=O) groups excluding carboxylic acids is 1. The Labute approximate surface area is 154 Å². The van der Waals surface area contributed by atoms with E-state index < -0.39 is 7.26 Å². The lowest BCUT2D eigenvalue weighted by Gasteiger charge is -2.23. The first kappa shape index (κ1) is 17.6. The average molecular weight is 366 g/mol. The fourth-order valence-electron chi connectivity index (χ4n) is 2.93. The lowest BCUT2D eigenvalue weighted by molar-refractivity contribution is -0.112. The number of rotatable bonds is 6. The third-order valence-corrected chi connectivity index (χ3v) is 8.30. The van der Waals surface area contributed by atoms with Crippen LogP contribution in [0.1, 0.15) is 0 Å². The van der Waals surface area contributed by atoms with E-state index in [0.29, 0.717) is 0 Å². The van der Waals surface area contributed by atoms with Crippen molar-refractivity contribution in [3.63, 3.8) is 0 Å². The van der Waals surface area contributed by atoms with Crippen molar-refractivity contribution in [1.29, 1.82) is 0 Å². The van der Waals surface area contributed by atoms with Crippen LogP contribution in [0.5, 0.6) is 0 Å². The molecular weight excluding hydrogens is 347 g/mol. The second-order valence-corrected chi connectivity index (χ2v) is 9.21. The van der Waals surface area contributed by atoms with Gasteiger partial charge in [-0.1, -0.05) is 54.6 Å². The first-order valence-electron chi connectivity index (χ1n) is 8.11. The summed E-state index contributed by atoms with van der Waals surface area (Å²) in [5.41, 5.74) is 0. The SMILES string of the molecule is O=C(/C=C/[P+](c1ccccc1)(c1ccccc1)c1ccccc1)CCl. The smallest absolute Gasteiger partial charge is 0.173 e. The topological polar surface area (TPSA) is 17.1 Å². The van der Waals surface area contributed by atoms with Crippen LogP contribution in [0.15, 0.2) is 103 Å². The van der Waals surface area contributed by atoms with Crippen LogP contribution in [-0.4, -0.2) is 11.7 Å². The van der Waals surface area contributed by atoms with Crippen LogP contribution in [0.25, 0.3) is 0 Å². The van der Waals surface area contributed by atoms with Crippen molar-refractivity contribution >= 4 is 40.6 Å². The molecule has 0 amide bonds. The van der Waals surface area contributed by atoms with Crippen molar-refractivity contribution < 1.29 is 4.79 Å². The Kier molecular flexibility index (Phi) is 5.81. The minimum atomic E-state index is -2.08. The molecule has 0 saturated carbocycles. The van der Waals surface area contributed by atoms with Gasteiger partial charge >= 0.3 is 0 Å². The molecule has 0 aromatic heterocycles. The molecule has 0 radical (unpaired) electrons. The van der Waals surface area contributed by atoms with Crippen molar-refractivity contribution in [2.45, 2.75) is 0 Å². The molecule has 0 saturated heterocycles. The largest absolute Gasteiger partial charge is 0.293 e. The normalized spacial score (nSPS) is 11.6. The van der Waals surface area contributed by atoms with Crippen LogP contribution in [0.3, 0.4) is 0 Å². The van der Waals surface area contributed by atoms with Crippen LogP contribution in [0.4, 0.5) is 0 Å². The molecule has 1 nitrogen and oxygen atoms in total. The van der Waals surface area contributed by atoms with E-state index in [1.807, 2.05) is 54.6 Å². The molecule has 0 spiro atoms. The number of hydrogen-bond donors (Lipinski definition) is 0. The fraction of sp³-hybridized carbons (Fsp3) is 0.0455. The highest BCUT2D eigenvalue weighted by Crippen LogP contribution is 2.56. The van der Waals surface area contributed by atoms with E-state index in [1.54, 1.807) is 6.08 Å². The van der Waals surface area contributed by atoms with Crippen molar-refractivity contribution in [3.8, 4) is 0 Å². The molecule has 25 heavy (non-hydrogen) atoms. The number of alkyl halides is 1. The summed E-state index contributed by atoms with van der Waals surface area (Å²) in [6.45, 7) is 0. The summed E-state index contributed by atoms with van der Waals surface area (Å²) >= 11 is 5.73. The molecule has 124 valence electrons. The molecule has 0 atom stereocenters. The molecule has 0 N–H and O–H groups in total. The second kappa shape index (κ2) is 8.25. The molecule has 0 unspecified atom stereocenters. The molecule has 0 bridgehead atoms. The van der Waals surface area contributed by atoms with Gasteiger partial charge in [-0.15, -0.1) is 11.6 Å². The predicted molar refractivity (Wildman–Crippen MR) is 110 cm³/mol. The number of hydrogen-bond acceptors (Lipinski definition) is 1. The number of carbonyl (C=O) groups is 1. The van der Waals surface area contributed by atoms with Gasteiger partial charge < -0.3 is 0 Å². The molecule has 3 rings (SSSR count). The highest BCUT2D eigenvalue weighted by atomic mass is 35.5. The maximum Gasteiger partial charge on any atom is 0.173 e. The fourth-order valence-corrected chi connectivity index (χ4v) is 6.75. The molecule has 0 aliphatic rings. The molecule has 3 aromatic carbocycles. The van der Waals surface area contributed by atoms with Crippen LogP contribution < -0.4 is 15.9 Å². The van der Waals surface area contributed by atoms with E-state index in [1.165, 1.54) is 15.9 Å². The Morgan fingerprint density at radius 2 is 1.08 bits per heavy atom. The molecular formula is C22H19ClOP+. The van der Waals surface area contributed by atoms with E-state index in [9.17, 15) is 4.79 Å². The third kappa shape index (κ3) is 3.74. The minimum Gasteiger partial charge on any atom is -0.293 e. The summed E-state index contributed by atoms with van der Waals surface area (Å²) in [6, 6.07) is 31.2. The molecule has 0 fully saturated rings. The van der Waals surface area contributed by atoms with Crippen molar-refractivity contribution in [2.75, 3.05) is 5.88 Å². The highest BCUT2D eigenvalue weighted by Gasteiger charge is 2.43. The first-order valence-corrected chi connectivity index (χ1v) is 10.5. The van der Waals surface area contributed by atoms with Gasteiger partial charge in [-0.05, 0) is 36.4 Å². The van der Waals surface area contributed by atoms with E-state index in [-0.39, 0.29) is 11.7 Å². The zero-order valence-corrected chi connectivity index (χ0v) is 15.4. The number of allylic oxidation sites excluding steroid dienone is 1. The average Bonchev–Trinajstić information content (AvgIpc) is 2.71. The van der Waals surface area contributed by atoms with Gasteiger partial charge in [-0.3, -0.25) is 4.79 Å². The zero-order chi connectivity index (χ0) is 17.5. The standard InChI is InChI=1S/C22H19ClOP/c23-18-19(24)16-17-25(20-10-4-1-5-11-20,21-12-6-2-7-13-21)22-14-8-3-9-15-22/h1-17H,18H2/q+1/b17-16+. The maximum absolute atomic E-state index is 12.0. The van der Waals surface area contributed by atoms with E-state index in [4.69, 9.17) is 11.6 Å². The summed E-state index contributed by atoms with van der Waals surface area (Å²) in [6.07, 6.45) is 1.65. The van der Waals surface area contributed by atoms with Crippen LogP contribution in [0, 0.1) is 0 Å². The van der Waals surface area contributed by atoms with Crippen molar-refractivity contribution in [1.82, 2.24) is 0 Å². The number of ketones is 1. The molecule has 0 heterocycles. The lowest BCUT2D eigenvalue weighted by Crippen LogP contribution is -2.29. The van der Waals surface area contributed by atoms with Crippen molar-refractivity contribution in [2.24, 2.45) is 0 Å². The monoisotopic (exact) mass is 365 g/mol. The lowest BCUT2D eigenvalue weighted by atomic mass is 10.4. The van der Waals surface area contributed by atoms with Crippen LogP contribution >= 0.6 is 18.9 Å². The molecule has 0 aliphatic heterocycles. The zero-order valence-electron chi connectivity index (χ0n) is 13.8. The number of halogens is 1. The van der Waals surface area contributed by atoms with Gasteiger partial charge in [0.05, 0.1) is 11.7 Å². The molecule has 0 aliphatic carbocycles. The van der Waals surface area contributed by atoms with Gasteiger partial charge in [0.15, 0.2) is 5.78 Å². The summed E-state index contributed by atoms with van der Waals surface area (Å²) < 4.78 is 0. The van der Waals surface area contributed by atoms with Gasteiger partial charge in [-0.2, -0.15) is 0 Å². The van der Waals surface area contributed by atoms with Crippen LogP contribution in [0.2, 0.25) is 0 Å². The van der Waals surface area contributed by atoms with E-state index in [2.05, 4.69) is 42.2 Å². The Morgan fingerprint density at radius 1 is 0.720 bits per heavy atom. The Hall–Kier alpha value is -2.21. The predicted octanol–water partition coefficient (Wildman–Crippen LogP) is 4.30. The van der Waals surface area contributed by atoms with Gasteiger partial charge in [0.2, 0.25) is 0 Å². The Balaban J connectivity index is 2.31. The van der Waals surface area contributed by atoms with E-state index in [0.717, 1.165) is 0 Å². The Morgan fingerprint density at radius 3 is 1.40 bits per heavy atom. The summed E-state index contributed by atoms with van der Waals surface area (Å²) in [4.78, 5) is 12.0. The third-order valence-electron chi connectivity index (χ3n) is 4.11. The second-order valence-electron chi connectivity index (χ2n) is 5.65. The van der Waals surface area contributed by atoms with Crippen molar-refractivity contribution in [3.05, 3.63) is 103 Å². The Bertz CT molecular complexity index is 748. The summed E-state index contributed by atoms with van der Waals surface area (Å²) in [7, 11) is -2.08. The van der Waals surface area contributed by atoms with Gasteiger partial charge in [0, 0.05) is 6.08 Å². The molecule has 3 aromatic rings. The van der Waals surface area contributed by atoms with E-state index >= 15 is 0 Å². The minimum absolute atomic E-state index is 0.00509. The molecule has 3 heteroatoms. The number of benzene rings is 3. The summed E-state index contributed by atoms with van der Waals surface area (Å²) in [5.74, 6) is 2.00. The quantitative estimate of drug-likeness (QED) is 0.361. The van der Waals surface area contributed by atoms with Crippen LogP contribution in [-0.2, 0) is 4.79 Å².